The van der Waals surface area contributed by atoms with Gasteiger partial charge < -0.3 is 15.5 Å². The summed E-state index contributed by atoms with van der Waals surface area (Å²) >= 11 is 12.3. The van der Waals surface area contributed by atoms with Crippen LogP contribution in [0.25, 0.3) is 0 Å². The van der Waals surface area contributed by atoms with E-state index in [1.807, 2.05) is 11.8 Å². The summed E-state index contributed by atoms with van der Waals surface area (Å²) in [5.41, 5.74) is 0. The van der Waals surface area contributed by atoms with E-state index >= 15 is 0 Å². The van der Waals surface area contributed by atoms with Crippen LogP contribution < -0.4 is 15.5 Å². The standard InChI is InChI=1S/C12H16Cl2N4O/c1-2-15-11-8(13)6-9(14)12(17-11)18-5-3-4-16-10(19)7-18/h6H,2-5,7H2,1H3,(H,15,17)(H,16,19). The largest absolute Gasteiger partial charge is 0.369 e. The van der Waals surface area contributed by atoms with E-state index in [0.717, 1.165) is 13.0 Å². The first-order valence-corrected chi connectivity index (χ1v) is 6.99. The zero-order valence-corrected chi connectivity index (χ0v) is 12.2. The van der Waals surface area contributed by atoms with Crippen LogP contribution in [0.2, 0.25) is 10.0 Å². The van der Waals surface area contributed by atoms with Gasteiger partial charge in [0.2, 0.25) is 5.91 Å². The van der Waals surface area contributed by atoms with Gasteiger partial charge in [-0.2, -0.15) is 0 Å². The van der Waals surface area contributed by atoms with E-state index < -0.39 is 0 Å². The van der Waals surface area contributed by atoms with Crippen LogP contribution in [0.15, 0.2) is 6.07 Å². The third kappa shape index (κ3) is 3.42. The van der Waals surface area contributed by atoms with Crippen molar-refractivity contribution >= 4 is 40.7 Å². The molecule has 1 aromatic rings. The molecule has 1 aromatic heterocycles. The number of hydrogen-bond acceptors (Lipinski definition) is 4. The van der Waals surface area contributed by atoms with E-state index in [2.05, 4.69) is 15.6 Å². The number of carbonyl (C=O) groups excluding carboxylic acids is 1. The summed E-state index contributed by atoms with van der Waals surface area (Å²) < 4.78 is 0. The van der Waals surface area contributed by atoms with Crippen LogP contribution in [0.5, 0.6) is 0 Å². The van der Waals surface area contributed by atoms with Crippen LogP contribution in [0.4, 0.5) is 11.6 Å². The molecule has 0 radical (unpaired) electrons. The van der Waals surface area contributed by atoms with Gasteiger partial charge in [0.15, 0.2) is 0 Å². The predicted octanol–water partition coefficient (Wildman–Crippen LogP) is 2.15. The number of halogens is 2. The Morgan fingerprint density at radius 2 is 2.26 bits per heavy atom. The number of rotatable bonds is 3. The monoisotopic (exact) mass is 302 g/mol. The summed E-state index contributed by atoms with van der Waals surface area (Å²) in [7, 11) is 0. The van der Waals surface area contributed by atoms with Gasteiger partial charge in [-0.3, -0.25) is 4.79 Å². The van der Waals surface area contributed by atoms with Gasteiger partial charge in [-0.05, 0) is 19.4 Å². The number of anilines is 2. The quantitative estimate of drug-likeness (QED) is 0.898. The number of amides is 1. The maximum atomic E-state index is 11.6. The first-order valence-electron chi connectivity index (χ1n) is 6.23. The lowest BCUT2D eigenvalue weighted by Gasteiger charge is -2.22. The summed E-state index contributed by atoms with van der Waals surface area (Å²) in [5, 5.41) is 6.84. The molecule has 2 heterocycles. The first-order chi connectivity index (χ1) is 9.11. The van der Waals surface area contributed by atoms with Crippen LogP contribution in [0.3, 0.4) is 0 Å². The van der Waals surface area contributed by atoms with Gasteiger partial charge in [0.25, 0.3) is 0 Å². The van der Waals surface area contributed by atoms with Crippen LogP contribution in [-0.2, 0) is 4.79 Å². The molecule has 0 atom stereocenters. The van der Waals surface area contributed by atoms with E-state index in [1.165, 1.54) is 0 Å². The van der Waals surface area contributed by atoms with Gasteiger partial charge in [-0.15, -0.1) is 0 Å². The van der Waals surface area contributed by atoms with Gasteiger partial charge in [0.05, 0.1) is 16.6 Å². The fourth-order valence-corrected chi connectivity index (χ4v) is 2.50. The lowest BCUT2D eigenvalue weighted by Crippen LogP contribution is -2.33. The van der Waals surface area contributed by atoms with Crippen molar-refractivity contribution in [2.45, 2.75) is 13.3 Å². The highest BCUT2D eigenvalue weighted by molar-refractivity contribution is 6.37. The van der Waals surface area contributed by atoms with Crippen molar-refractivity contribution in [2.24, 2.45) is 0 Å². The molecule has 1 saturated heterocycles. The highest BCUT2D eigenvalue weighted by atomic mass is 35.5. The zero-order valence-electron chi connectivity index (χ0n) is 10.7. The van der Waals surface area contributed by atoms with Crippen molar-refractivity contribution in [3.63, 3.8) is 0 Å². The number of nitrogens with one attached hydrogen (secondary N) is 2. The second-order valence-corrected chi connectivity index (χ2v) is 5.09. The van der Waals surface area contributed by atoms with Crippen LogP contribution in [-0.4, -0.2) is 37.1 Å². The predicted molar refractivity (Wildman–Crippen MR) is 78.3 cm³/mol. The molecular weight excluding hydrogens is 287 g/mol. The van der Waals surface area contributed by atoms with Crippen molar-refractivity contribution in [2.75, 3.05) is 36.4 Å². The minimum Gasteiger partial charge on any atom is -0.369 e. The van der Waals surface area contributed by atoms with Crippen molar-refractivity contribution in [3.8, 4) is 0 Å². The molecule has 19 heavy (non-hydrogen) atoms. The fourth-order valence-electron chi connectivity index (χ4n) is 1.96. The second kappa shape index (κ2) is 6.30. The maximum absolute atomic E-state index is 11.6. The number of nitrogens with zero attached hydrogens (tertiary/aromatic N) is 2. The van der Waals surface area contributed by atoms with Gasteiger partial charge in [0, 0.05) is 19.6 Å². The number of aromatic nitrogens is 1. The molecule has 0 saturated carbocycles. The molecule has 1 aliphatic heterocycles. The van der Waals surface area contributed by atoms with E-state index in [4.69, 9.17) is 23.2 Å². The summed E-state index contributed by atoms with van der Waals surface area (Å²) in [6.45, 7) is 4.36. The Kier molecular flexibility index (Phi) is 4.71. The molecule has 7 heteroatoms. The first kappa shape index (κ1) is 14.2. The molecule has 1 aliphatic rings. The molecule has 5 nitrogen and oxygen atoms in total. The topological polar surface area (TPSA) is 57.3 Å². The molecule has 104 valence electrons. The third-order valence-electron chi connectivity index (χ3n) is 2.82. The van der Waals surface area contributed by atoms with E-state index in [9.17, 15) is 4.79 Å². The normalized spacial score (nSPS) is 15.9. The van der Waals surface area contributed by atoms with Crippen LogP contribution in [0, 0.1) is 0 Å². The summed E-state index contributed by atoms with van der Waals surface area (Å²) in [5.74, 6) is 1.17. The van der Waals surface area contributed by atoms with Crippen molar-refractivity contribution < 1.29 is 4.79 Å². The Bertz CT molecular complexity index is 481. The van der Waals surface area contributed by atoms with Gasteiger partial charge in [-0.25, -0.2) is 4.98 Å². The van der Waals surface area contributed by atoms with E-state index in [1.54, 1.807) is 6.07 Å². The fraction of sp³-hybridized carbons (Fsp3) is 0.500. The SMILES string of the molecule is CCNc1nc(N2CCCNC(=O)C2)c(Cl)cc1Cl. The highest BCUT2D eigenvalue weighted by Gasteiger charge is 2.20. The molecule has 0 aromatic carbocycles. The third-order valence-corrected chi connectivity index (χ3v) is 3.38. The average molecular weight is 303 g/mol. The Hall–Kier alpha value is -1.20. The lowest BCUT2D eigenvalue weighted by atomic mass is 10.3. The number of hydrogen-bond donors (Lipinski definition) is 2. The van der Waals surface area contributed by atoms with Gasteiger partial charge >= 0.3 is 0 Å². The molecule has 0 spiro atoms. The number of carbonyl (C=O) groups is 1. The van der Waals surface area contributed by atoms with Crippen molar-refractivity contribution in [1.29, 1.82) is 0 Å². The molecule has 0 unspecified atom stereocenters. The van der Waals surface area contributed by atoms with Crippen LogP contribution in [0.1, 0.15) is 13.3 Å². The van der Waals surface area contributed by atoms with E-state index in [-0.39, 0.29) is 12.5 Å². The van der Waals surface area contributed by atoms with Crippen molar-refractivity contribution in [1.82, 2.24) is 10.3 Å². The molecule has 2 rings (SSSR count). The molecule has 1 fully saturated rings. The van der Waals surface area contributed by atoms with Gasteiger partial charge in [-0.1, -0.05) is 23.2 Å². The summed E-state index contributed by atoms with van der Waals surface area (Å²) in [6, 6.07) is 1.66. The Balaban J connectivity index is 2.31. The van der Waals surface area contributed by atoms with E-state index in [0.29, 0.717) is 34.8 Å². The average Bonchev–Trinajstić information content (AvgIpc) is 2.57. The maximum Gasteiger partial charge on any atom is 0.239 e. The Morgan fingerprint density at radius 3 is 3.00 bits per heavy atom. The molecular formula is C12H16Cl2N4O. The lowest BCUT2D eigenvalue weighted by molar-refractivity contribution is -0.119. The minimum atomic E-state index is -0.0182. The Labute approximate surface area is 122 Å². The zero-order chi connectivity index (χ0) is 13.8. The number of pyridine rings is 1. The van der Waals surface area contributed by atoms with Gasteiger partial charge in [0.1, 0.15) is 11.6 Å². The van der Waals surface area contributed by atoms with Crippen LogP contribution >= 0.6 is 23.2 Å². The second-order valence-electron chi connectivity index (χ2n) is 4.28. The molecule has 0 bridgehead atoms. The highest BCUT2D eigenvalue weighted by Crippen LogP contribution is 2.31. The molecule has 0 aliphatic carbocycles. The molecule has 2 N–H and O–H groups in total. The Morgan fingerprint density at radius 1 is 1.47 bits per heavy atom. The smallest absolute Gasteiger partial charge is 0.239 e. The minimum absolute atomic E-state index is 0.0182. The molecule has 1 amide bonds. The van der Waals surface area contributed by atoms with Crippen molar-refractivity contribution in [3.05, 3.63) is 16.1 Å². The summed E-state index contributed by atoms with van der Waals surface area (Å²) in [4.78, 5) is 17.9. The summed E-state index contributed by atoms with van der Waals surface area (Å²) in [6.07, 6.45) is 0.864.